The average molecular weight is 330 g/mol. The summed E-state index contributed by atoms with van der Waals surface area (Å²) in [6, 6.07) is 15.2. The van der Waals surface area contributed by atoms with Crippen LogP contribution in [0.5, 0.6) is 5.75 Å². The number of carbonyl (C=O) groups is 1. The van der Waals surface area contributed by atoms with E-state index in [0.29, 0.717) is 11.3 Å². The van der Waals surface area contributed by atoms with Crippen molar-refractivity contribution in [1.29, 1.82) is 0 Å². The van der Waals surface area contributed by atoms with Crippen molar-refractivity contribution in [1.82, 2.24) is 0 Å². The first kappa shape index (κ1) is 17.0. The summed E-state index contributed by atoms with van der Waals surface area (Å²) in [4.78, 5) is 12.3. The molecule has 5 heteroatoms. The number of hydrogen-bond acceptors (Lipinski definition) is 4. The first-order chi connectivity index (χ1) is 11.2. The quantitative estimate of drug-likeness (QED) is 0.471. The van der Waals surface area contributed by atoms with Crippen molar-refractivity contribution in [2.75, 3.05) is 14.2 Å². The Hall–Kier alpha value is -2.40. The Balaban J connectivity index is 2.23. The minimum Gasteiger partial charge on any atom is -0.503 e. The topological polar surface area (TPSA) is 55.8 Å². The molecular weight excluding hydrogens is 312 g/mol. The highest BCUT2D eigenvalue weighted by Crippen LogP contribution is 2.31. The van der Waals surface area contributed by atoms with Crippen LogP contribution in [0, 0.1) is 0 Å². The number of carboxylic acid groups (broad SMARTS) is 1. The van der Waals surface area contributed by atoms with E-state index in [0.717, 1.165) is 16.2 Å². The lowest BCUT2D eigenvalue weighted by Crippen LogP contribution is -2.01. The van der Waals surface area contributed by atoms with Crippen LogP contribution in [0.1, 0.15) is 11.1 Å². The molecule has 0 heterocycles. The molecule has 0 aliphatic rings. The Bertz CT molecular complexity index is 710. The van der Waals surface area contributed by atoms with Crippen molar-refractivity contribution < 1.29 is 19.4 Å². The van der Waals surface area contributed by atoms with Crippen LogP contribution in [0.15, 0.2) is 59.7 Å². The molecule has 0 atom stereocenters. The van der Waals surface area contributed by atoms with E-state index in [4.69, 9.17) is 9.47 Å². The van der Waals surface area contributed by atoms with E-state index < -0.39 is 5.97 Å². The monoisotopic (exact) mass is 330 g/mol. The maximum absolute atomic E-state index is 11.4. The molecule has 0 unspecified atom stereocenters. The second-order valence-corrected chi connectivity index (χ2v) is 5.73. The van der Waals surface area contributed by atoms with Crippen LogP contribution in [0.3, 0.4) is 0 Å². The van der Waals surface area contributed by atoms with Crippen molar-refractivity contribution in [2.24, 2.45) is 0 Å². The van der Waals surface area contributed by atoms with Gasteiger partial charge in [0.1, 0.15) is 11.3 Å². The van der Waals surface area contributed by atoms with Gasteiger partial charge in [0.15, 0.2) is 0 Å². The summed E-state index contributed by atoms with van der Waals surface area (Å²) >= 11 is 1.58. The van der Waals surface area contributed by atoms with E-state index in [1.165, 1.54) is 13.4 Å². The van der Waals surface area contributed by atoms with Gasteiger partial charge in [0.2, 0.25) is 0 Å². The molecule has 0 aliphatic carbocycles. The molecule has 0 fully saturated rings. The van der Waals surface area contributed by atoms with Crippen LogP contribution in [0.25, 0.3) is 5.57 Å². The zero-order valence-corrected chi connectivity index (χ0v) is 13.8. The molecule has 120 valence electrons. The van der Waals surface area contributed by atoms with Crippen molar-refractivity contribution in [3.8, 4) is 5.75 Å². The summed E-state index contributed by atoms with van der Waals surface area (Å²) < 4.78 is 10.1. The average Bonchev–Trinajstić information content (AvgIpc) is 2.58. The molecule has 0 aliphatic heterocycles. The minimum absolute atomic E-state index is 0.140. The van der Waals surface area contributed by atoms with Crippen molar-refractivity contribution in [3.63, 3.8) is 0 Å². The molecule has 0 saturated heterocycles. The summed E-state index contributed by atoms with van der Waals surface area (Å²) in [5, 5.41) is 9.36. The zero-order valence-electron chi connectivity index (χ0n) is 13.0. The Labute approximate surface area is 139 Å². The maximum atomic E-state index is 11.4. The molecular formula is C18H18O4S. The molecule has 4 nitrogen and oxygen atoms in total. The Morgan fingerprint density at radius 3 is 2.65 bits per heavy atom. The van der Waals surface area contributed by atoms with Gasteiger partial charge < -0.3 is 14.6 Å². The van der Waals surface area contributed by atoms with Crippen LogP contribution in [-0.4, -0.2) is 25.3 Å². The lowest BCUT2D eigenvalue weighted by molar-refractivity contribution is -0.130. The van der Waals surface area contributed by atoms with Crippen molar-refractivity contribution in [2.45, 2.75) is 10.6 Å². The number of carboxylic acids is 1. The van der Waals surface area contributed by atoms with Gasteiger partial charge in [0.25, 0.3) is 0 Å². The standard InChI is InChI=1S/C18H18O4S/c1-21-11-16(18(19)20)15-8-3-4-9-17(15)23-12-13-6-5-7-14(10-13)22-2/h3-11H,12H2,1-2H3,(H,19,20)/b16-11+. The first-order valence-corrected chi connectivity index (χ1v) is 7.95. The molecule has 23 heavy (non-hydrogen) atoms. The number of methoxy groups -OCH3 is 2. The van der Waals surface area contributed by atoms with Gasteiger partial charge in [0, 0.05) is 16.2 Å². The second-order valence-electron chi connectivity index (χ2n) is 4.71. The maximum Gasteiger partial charge on any atom is 0.339 e. The summed E-state index contributed by atoms with van der Waals surface area (Å²) in [7, 11) is 3.07. The van der Waals surface area contributed by atoms with Gasteiger partial charge in [-0.05, 0) is 23.8 Å². The van der Waals surface area contributed by atoms with Crippen LogP contribution < -0.4 is 4.74 Å². The zero-order chi connectivity index (χ0) is 16.7. The number of hydrogen-bond donors (Lipinski definition) is 1. The van der Waals surface area contributed by atoms with Crippen LogP contribution >= 0.6 is 11.8 Å². The predicted molar refractivity (Wildman–Crippen MR) is 91.6 cm³/mol. The van der Waals surface area contributed by atoms with Gasteiger partial charge in [0.05, 0.1) is 20.5 Å². The number of rotatable bonds is 7. The highest BCUT2D eigenvalue weighted by atomic mass is 32.2. The van der Waals surface area contributed by atoms with Gasteiger partial charge in [-0.25, -0.2) is 4.79 Å². The lowest BCUT2D eigenvalue weighted by Gasteiger charge is -2.10. The summed E-state index contributed by atoms with van der Waals surface area (Å²) in [5.74, 6) is 0.511. The fourth-order valence-corrected chi connectivity index (χ4v) is 3.10. The number of benzene rings is 2. The summed E-state index contributed by atoms with van der Waals surface area (Å²) in [6.07, 6.45) is 1.26. The molecule has 0 amide bonds. The van der Waals surface area contributed by atoms with Gasteiger partial charge in [-0.15, -0.1) is 11.8 Å². The first-order valence-electron chi connectivity index (χ1n) is 6.97. The van der Waals surface area contributed by atoms with Gasteiger partial charge in [-0.2, -0.15) is 0 Å². The van der Waals surface area contributed by atoms with Gasteiger partial charge in [-0.1, -0.05) is 30.3 Å². The van der Waals surface area contributed by atoms with E-state index in [-0.39, 0.29) is 5.57 Å². The molecule has 2 aromatic carbocycles. The molecule has 0 radical (unpaired) electrons. The van der Waals surface area contributed by atoms with Crippen molar-refractivity contribution >= 4 is 23.3 Å². The van der Waals surface area contributed by atoms with Crippen LogP contribution in [-0.2, 0) is 15.3 Å². The largest absolute Gasteiger partial charge is 0.503 e. The predicted octanol–water partition coefficient (Wildman–Crippen LogP) is 4.06. The van der Waals surface area contributed by atoms with Gasteiger partial charge >= 0.3 is 5.97 Å². The molecule has 2 aromatic rings. The molecule has 0 bridgehead atoms. The second kappa shape index (κ2) is 8.29. The Kier molecular flexibility index (Phi) is 6.11. The third-order valence-corrected chi connectivity index (χ3v) is 4.32. The summed E-state index contributed by atoms with van der Waals surface area (Å²) in [5.41, 5.74) is 1.90. The number of thioether (sulfide) groups is 1. The molecule has 0 spiro atoms. The minimum atomic E-state index is -1.01. The van der Waals surface area contributed by atoms with Crippen LogP contribution in [0.2, 0.25) is 0 Å². The third kappa shape index (κ3) is 4.53. The van der Waals surface area contributed by atoms with Crippen molar-refractivity contribution in [3.05, 3.63) is 65.9 Å². The highest BCUT2D eigenvalue weighted by molar-refractivity contribution is 7.98. The molecule has 0 saturated carbocycles. The van der Waals surface area contributed by atoms with E-state index in [1.54, 1.807) is 24.9 Å². The number of aliphatic carboxylic acids is 1. The summed E-state index contributed by atoms with van der Waals surface area (Å²) in [6.45, 7) is 0. The smallest absolute Gasteiger partial charge is 0.339 e. The lowest BCUT2D eigenvalue weighted by atomic mass is 10.1. The van der Waals surface area contributed by atoms with E-state index in [9.17, 15) is 9.90 Å². The Morgan fingerprint density at radius 1 is 1.17 bits per heavy atom. The van der Waals surface area contributed by atoms with E-state index in [2.05, 4.69) is 0 Å². The Morgan fingerprint density at radius 2 is 1.96 bits per heavy atom. The normalized spacial score (nSPS) is 11.1. The highest BCUT2D eigenvalue weighted by Gasteiger charge is 2.15. The molecule has 0 aromatic heterocycles. The molecule has 1 N–H and O–H groups in total. The fraction of sp³-hybridized carbons (Fsp3) is 0.167. The van der Waals surface area contributed by atoms with Crippen LogP contribution in [0.4, 0.5) is 0 Å². The third-order valence-electron chi connectivity index (χ3n) is 3.17. The van der Waals surface area contributed by atoms with E-state index >= 15 is 0 Å². The SMILES string of the molecule is CO/C=C(/C(=O)O)c1ccccc1SCc1cccc(OC)c1. The van der Waals surface area contributed by atoms with E-state index in [1.807, 2.05) is 42.5 Å². The molecule has 2 rings (SSSR count). The number of ether oxygens (including phenoxy) is 2. The fourth-order valence-electron chi connectivity index (χ4n) is 2.09. The van der Waals surface area contributed by atoms with Gasteiger partial charge in [-0.3, -0.25) is 0 Å².